The van der Waals surface area contributed by atoms with Gasteiger partial charge in [-0.15, -0.1) is 0 Å². The lowest BCUT2D eigenvalue weighted by atomic mass is 9.48. The summed E-state index contributed by atoms with van der Waals surface area (Å²) in [4.78, 5) is 0. The van der Waals surface area contributed by atoms with Gasteiger partial charge in [0, 0.05) is 0 Å². The molecule has 4 fully saturated rings. The standard InChI is InChI=1S/C15H26O/c1-11-15-8-7-14(4,16-11)9-12(15)5-6-13(2,3)10-15/h11-12H,5-10H2,1-4H3. The molecule has 0 N–H and O–H groups in total. The second-order valence-electron chi connectivity index (χ2n) is 7.72. The molecule has 4 atom stereocenters. The topological polar surface area (TPSA) is 9.23 Å². The van der Waals surface area contributed by atoms with Crippen LogP contribution < -0.4 is 0 Å². The first-order valence-electron chi connectivity index (χ1n) is 7.03. The Hall–Kier alpha value is -0.0400. The summed E-state index contributed by atoms with van der Waals surface area (Å²) in [5.74, 6) is 0.947. The summed E-state index contributed by atoms with van der Waals surface area (Å²) in [5, 5.41) is 0. The van der Waals surface area contributed by atoms with Crippen molar-refractivity contribution in [2.45, 2.75) is 77.9 Å². The fourth-order valence-corrected chi connectivity index (χ4v) is 5.02. The fourth-order valence-electron chi connectivity index (χ4n) is 5.02. The summed E-state index contributed by atoms with van der Waals surface area (Å²) in [7, 11) is 0. The predicted octanol–water partition coefficient (Wildman–Crippen LogP) is 4.16. The van der Waals surface area contributed by atoms with E-state index in [0.717, 1.165) is 5.92 Å². The van der Waals surface area contributed by atoms with Crippen molar-refractivity contribution in [3.05, 3.63) is 0 Å². The normalized spacial score (nSPS) is 54.8. The number of hydrogen-bond donors (Lipinski definition) is 0. The Labute approximate surface area is 99.9 Å². The lowest BCUT2D eigenvalue weighted by molar-refractivity contribution is -0.265. The van der Waals surface area contributed by atoms with Gasteiger partial charge in [0.05, 0.1) is 11.7 Å². The van der Waals surface area contributed by atoms with E-state index in [1.807, 2.05) is 0 Å². The quantitative estimate of drug-likeness (QED) is 0.598. The highest BCUT2D eigenvalue weighted by Gasteiger charge is 2.59. The third kappa shape index (κ3) is 1.40. The molecule has 92 valence electrons. The molecule has 2 saturated carbocycles. The van der Waals surface area contributed by atoms with Crippen molar-refractivity contribution < 1.29 is 4.74 Å². The molecule has 1 spiro atoms. The molecule has 2 bridgehead atoms. The summed E-state index contributed by atoms with van der Waals surface area (Å²) in [5.41, 5.74) is 1.28. The lowest BCUT2D eigenvalue weighted by Gasteiger charge is -2.64. The molecule has 0 aromatic carbocycles. The summed E-state index contributed by atoms with van der Waals surface area (Å²) < 4.78 is 6.33. The van der Waals surface area contributed by atoms with Gasteiger partial charge in [-0.2, -0.15) is 0 Å². The highest BCUT2D eigenvalue weighted by atomic mass is 16.5. The summed E-state index contributed by atoms with van der Waals surface area (Å²) >= 11 is 0. The van der Waals surface area contributed by atoms with Crippen LogP contribution in [0.4, 0.5) is 0 Å². The highest BCUT2D eigenvalue weighted by molar-refractivity contribution is 5.09. The minimum Gasteiger partial charge on any atom is -0.372 e. The van der Waals surface area contributed by atoms with E-state index in [2.05, 4.69) is 27.7 Å². The largest absolute Gasteiger partial charge is 0.372 e. The Balaban J connectivity index is 1.95. The Bertz CT molecular complexity index is 309. The van der Waals surface area contributed by atoms with Gasteiger partial charge in [-0.25, -0.2) is 0 Å². The third-order valence-corrected chi connectivity index (χ3v) is 5.86. The third-order valence-electron chi connectivity index (χ3n) is 5.86. The molecule has 4 aliphatic rings. The fraction of sp³-hybridized carbons (Fsp3) is 1.00. The minimum absolute atomic E-state index is 0.216. The average Bonchev–Trinajstić information content (AvgIpc) is 2.16. The smallest absolute Gasteiger partial charge is 0.0661 e. The Morgan fingerprint density at radius 2 is 1.81 bits per heavy atom. The van der Waals surface area contributed by atoms with Crippen LogP contribution in [0, 0.1) is 16.7 Å². The molecule has 2 aliphatic heterocycles. The Morgan fingerprint density at radius 1 is 1.06 bits per heavy atom. The predicted molar refractivity (Wildman–Crippen MR) is 66.4 cm³/mol. The van der Waals surface area contributed by atoms with Gasteiger partial charge in [0.1, 0.15) is 0 Å². The van der Waals surface area contributed by atoms with Crippen molar-refractivity contribution >= 4 is 0 Å². The van der Waals surface area contributed by atoms with E-state index in [0.29, 0.717) is 16.9 Å². The highest BCUT2D eigenvalue weighted by Crippen LogP contribution is 2.64. The molecule has 4 unspecified atom stereocenters. The van der Waals surface area contributed by atoms with E-state index in [-0.39, 0.29) is 5.60 Å². The van der Waals surface area contributed by atoms with Crippen molar-refractivity contribution in [1.82, 2.24) is 0 Å². The first-order valence-corrected chi connectivity index (χ1v) is 7.03. The van der Waals surface area contributed by atoms with Crippen molar-refractivity contribution in [3.63, 3.8) is 0 Å². The molecule has 1 nitrogen and oxygen atoms in total. The summed E-state index contributed by atoms with van der Waals surface area (Å²) in [6, 6.07) is 0. The van der Waals surface area contributed by atoms with E-state index in [1.54, 1.807) is 0 Å². The van der Waals surface area contributed by atoms with E-state index in [1.165, 1.54) is 38.5 Å². The first-order chi connectivity index (χ1) is 7.35. The van der Waals surface area contributed by atoms with Gasteiger partial charge in [-0.3, -0.25) is 0 Å². The Kier molecular flexibility index (Phi) is 2.11. The molecule has 1 heteroatoms. The van der Waals surface area contributed by atoms with Crippen molar-refractivity contribution in [1.29, 1.82) is 0 Å². The zero-order valence-corrected chi connectivity index (χ0v) is 11.3. The number of fused-ring (bicyclic) bond motifs is 2. The van der Waals surface area contributed by atoms with Crippen molar-refractivity contribution in [3.8, 4) is 0 Å². The first kappa shape index (κ1) is 11.1. The molecular weight excluding hydrogens is 196 g/mol. The molecule has 4 rings (SSSR count). The molecule has 2 aliphatic carbocycles. The molecule has 2 heterocycles. The zero-order valence-electron chi connectivity index (χ0n) is 11.3. The molecule has 0 aromatic rings. The van der Waals surface area contributed by atoms with Crippen molar-refractivity contribution in [2.24, 2.45) is 16.7 Å². The molecular formula is C15H26O. The van der Waals surface area contributed by atoms with Crippen LogP contribution in [0.2, 0.25) is 0 Å². The van der Waals surface area contributed by atoms with Crippen LogP contribution in [-0.4, -0.2) is 11.7 Å². The van der Waals surface area contributed by atoms with Gasteiger partial charge >= 0.3 is 0 Å². The van der Waals surface area contributed by atoms with Crippen LogP contribution in [0.1, 0.15) is 66.2 Å². The van der Waals surface area contributed by atoms with Gasteiger partial charge in [-0.05, 0) is 69.1 Å². The van der Waals surface area contributed by atoms with Crippen LogP contribution >= 0.6 is 0 Å². The molecule has 16 heavy (non-hydrogen) atoms. The molecule has 2 saturated heterocycles. The SMILES string of the molecule is CC1OC2(C)CCC13CC(C)(C)CCC3C2. The van der Waals surface area contributed by atoms with Crippen LogP contribution in [0.25, 0.3) is 0 Å². The maximum atomic E-state index is 6.33. The maximum Gasteiger partial charge on any atom is 0.0661 e. The van der Waals surface area contributed by atoms with Gasteiger partial charge < -0.3 is 4.74 Å². The number of ether oxygens (including phenoxy) is 1. The summed E-state index contributed by atoms with van der Waals surface area (Å²) in [6.45, 7) is 9.58. The lowest BCUT2D eigenvalue weighted by Crippen LogP contribution is -2.61. The molecule has 0 radical (unpaired) electrons. The second-order valence-corrected chi connectivity index (χ2v) is 7.72. The van der Waals surface area contributed by atoms with Crippen LogP contribution in [-0.2, 0) is 4.74 Å². The van der Waals surface area contributed by atoms with Gasteiger partial charge in [-0.1, -0.05) is 13.8 Å². The van der Waals surface area contributed by atoms with E-state index in [9.17, 15) is 0 Å². The monoisotopic (exact) mass is 222 g/mol. The molecule has 0 aromatic heterocycles. The molecule has 0 amide bonds. The number of hydrogen-bond acceptors (Lipinski definition) is 1. The van der Waals surface area contributed by atoms with Gasteiger partial charge in [0.2, 0.25) is 0 Å². The van der Waals surface area contributed by atoms with E-state index in [4.69, 9.17) is 4.74 Å². The minimum atomic E-state index is 0.216. The van der Waals surface area contributed by atoms with E-state index < -0.39 is 0 Å². The Morgan fingerprint density at radius 3 is 2.50 bits per heavy atom. The van der Waals surface area contributed by atoms with Gasteiger partial charge in [0.25, 0.3) is 0 Å². The van der Waals surface area contributed by atoms with Crippen LogP contribution in [0.15, 0.2) is 0 Å². The maximum absolute atomic E-state index is 6.33. The van der Waals surface area contributed by atoms with Gasteiger partial charge in [0.15, 0.2) is 0 Å². The number of rotatable bonds is 0. The zero-order chi connectivity index (χ0) is 11.6. The van der Waals surface area contributed by atoms with Crippen molar-refractivity contribution in [2.75, 3.05) is 0 Å². The summed E-state index contributed by atoms with van der Waals surface area (Å²) in [6.07, 6.45) is 8.78. The average molecular weight is 222 g/mol. The van der Waals surface area contributed by atoms with E-state index >= 15 is 0 Å². The van der Waals surface area contributed by atoms with Crippen LogP contribution in [0.3, 0.4) is 0 Å². The second kappa shape index (κ2) is 3.04. The van der Waals surface area contributed by atoms with Crippen LogP contribution in [0.5, 0.6) is 0 Å².